The molecule has 0 bridgehead atoms. The highest BCUT2D eigenvalue weighted by molar-refractivity contribution is 6.21. The van der Waals surface area contributed by atoms with Gasteiger partial charge in [-0.2, -0.15) is 5.10 Å². The third-order valence-electron chi connectivity index (χ3n) is 4.16. The second kappa shape index (κ2) is 5.48. The lowest BCUT2D eigenvalue weighted by atomic mass is 9.96. The van der Waals surface area contributed by atoms with E-state index in [2.05, 4.69) is 23.0 Å². The van der Waals surface area contributed by atoms with Gasteiger partial charge in [-0.15, -0.1) is 11.6 Å². The van der Waals surface area contributed by atoms with Crippen molar-refractivity contribution in [3.05, 3.63) is 29.6 Å². The first-order valence-corrected chi connectivity index (χ1v) is 7.62. The van der Waals surface area contributed by atoms with E-state index in [0.717, 1.165) is 12.8 Å². The Morgan fingerprint density at radius 2 is 2.06 bits per heavy atom. The number of nitrogens with zero attached hydrogens (tertiary/aromatic N) is 2. The highest BCUT2D eigenvalue weighted by Crippen LogP contribution is 2.29. The van der Waals surface area contributed by atoms with Gasteiger partial charge in [0.15, 0.2) is 0 Å². The molecule has 1 unspecified atom stereocenters. The normalized spacial score (nSPS) is 25.4. The van der Waals surface area contributed by atoms with E-state index in [9.17, 15) is 0 Å². The Hall–Kier alpha value is -0.760. The first-order chi connectivity index (χ1) is 8.81. The molecule has 2 aliphatic rings. The number of hydrogen-bond donors (Lipinski definition) is 0. The second-order valence-electron chi connectivity index (χ2n) is 5.64. The molecule has 0 radical (unpaired) electrons. The Labute approximate surface area is 114 Å². The van der Waals surface area contributed by atoms with Crippen LogP contribution in [0.4, 0.5) is 0 Å². The van der Waals surface area contributed by atoms with E-state index < -0.39 is 0 Å². The standard InChI is InChI=1S/C15H21ClN2/c16-13-5-3-4-12(10-13)11-14-8-9-18(17-14)15-6-1-2-7-15/h8-10,13,15H,1-7,11H2. The molecule has 0 aromatic carbocycles. The van der Waals surface area contributed by atoms with E-state index in [0.29, 0.717) is 6.04 Å². The van der Waals surface area contributed by atoms with Crippen LogP contribution in [-0.2, 0) is 6.42 Å². The summed E-state index contributed by atoms with van der Waals surface area (Å²) in [6.45, 7) is 0. The zero-order chi connectivity index (χ0) is 12.4. The number of hydrogen-bond acceptors (Lipinski definition) is 1. The van der Waals surface area contributed by atoms with Crippen molar-refractivity contribution < 1.29 is 0 Å². The van der Waals surface area contributed by atoms with Crippen molar-refractivity contribution in [1.29, 1.82) is 0 Å². The van der Waals surface area contributed by atoms with Crippen LogP contribution in [0.15, 0.2) is 23.9 Å². The highest BCUT2D eigenvalue weighted by atomic mass is 35.5. The molecule has 2 nitrogen and oxygen atoms in total. The molecule has 3 rings (SSSR count). The van der Waals surface area contributed by atoms with Gasteiger partial charge in [-0.1, -0.05) is 24.5 Å². The van der Waals surface area contributed by atoms with Crippen LogP contribution >= 0.6 is 11.6 Å². The maximum absolute atomic E-state index is 6.18. The molecular weight excluding hydrogens is 244 g/mol. The van der Waals surface area contributed by atoms with Crippen molar-refractivity contribution in [2.75, 3.05) is 0 Å². The molecule has 1 saturated carbocycles. The molecule has 0 amide bonds. The van der Waals surface area contributed by atoms with Crippen molar-refractivity contribution in [2.24, 2.45) is 0 Å². The van der Waals surface area contributed by atoms with E-state index in [4.69, 9.17) is 16.7 Å². The monoisotopic (exact) mass is 264 g/mol. The van der Waals surface area contributed by atoms with Gasteiger partial charge in [0.25, 0.3) is 0 Å². The fourth-order valence-corrected chi connectivity index (χ4v) is 3.50. The smallest absolute Gasteiger partial charge is 0.0665 e. The quantitative estimate of drug-likeness (QED) is 0.589. The number of alkyl halides is 1. The molecule has 1 heterocycles. The van der Waals surface area contributed by atoms with Crippen molar-refractivity contribution in [3.8, 4) is 0 Å². The van der Waals surface area contributed by atoms with Crippen molar-refractivity contribution in [1.82, 2.24) is 9.78 Å². The Morgan fingerprint density at radius 1 is 1.22 bits per heavy atom. The van der Waals surface area contributed by atoms with Gasteiger partial charge in [0.05, 0.1) is 17.1 Å². The molecule has 18 heavy (non-hydrogen) atoms. The van der Waals surface area contributed by atoms with Crippen LogP contribution in [0.5, 0.6) is 0 Å². The summed E-state index contributed by atoms with van der Waals surface area (Å²) in [5.41, 5.74) is 2.68. The van der Waals surface area contributed by atoms with Crippen LogP contribution in [0.25, 0.3) is 0 Å². The topological polar surface area (TPSA) is 17.8 Å². The Bertz CT molecular complexity index is 429. The molecule has 1 atom stereocenters. The first-order valence-electron chi connectivity index (χ1n) is 7.19. The minimum absolute atomic E-state index is 0.241. The molecule has 2 aliphatic carbocycles. The second-order valence-corrected chi connectivity index (χ2v) is 6.20. The van der Waals surface area contributed by atoms with Gasteiger partial charge in [-0.25, -0.2) is 0 Å². The van der Waals surface area contributed by atoms with Crippen LogP contribution < -0.4 is 0 Å². The number of aromatic nitrogens is 2. The Kier molecular flexibility index (Phi) is 3.74. The molecule has 0 spiro atoms. The lowest BCUT2D eigenvalue weighted by molar-refractivity contribution is 0.463. The molecule has 1 aromatic rings. The average Bonchev–Trinajstić information content (AvgIpc) is 2.98. The molecule has 1 aromatic heterocycles. The van der Waals surface area contributed by atoms with Gasteiger partial charge in [0, 0.05) is 12.6 Å². The van der Waals surface area contributed by atoms with Gasteiger partial charge in [0.2, 0.25) is 0 Å². The summed E-state index contributed by atoms with van der Waals surface area (Å²) in [7, 11) is 0. The Balaban J connectivity index is 1.66. The van der Waals surface area contributed by atoms with Gasteiger partial charge in [0.1, 0.15) is 0 Å². The third-order valence-corrected chi connectivity index (χ3v) is 4.51. The van der Waals surface area contributed by atoms with Crippen LogP contribution in [0.2, 0.25) is 0 Å². The third kappa shape index (κ3) is 2.80. The molecule has 98 valence electrons. The van der Waals surface area contributed by atoms with Crippen LogP contribution in [-0.4, -0.2) is 15.2 Å². The average molecular weight is 265 g/mol. The maximum atomic E-state index is 6.18. The van der Waals surface area contributed by atoms with Crippen molar-refractivity contribution in [2.45, 2.75) is 62.8 Å². The summed E-state index contributed by atoms with van der Waals surface area (Å²) in [6, 6.07) is 2.83. The Morgan fingerprint density at radius 3 is 2.83 bits per heavy atom. The van der Waals surface area contributed by atoms with E-state index in [-0.39, 0.29) is 5.38 Å². The van der Waals surface area contributed by atoms with Crippen molar-refractivity contribution >= 4 is 11.6 Å². The summed E-state index contributed by atoms with van der Waals surface area (Å²) in [5.74, 6) is 0. The first kappa shape index (κ1) is 12.3. The zero-order valence-corrected chi connectivity index (χ0v) is 11.6. The SMILES string of the molecule is ClC1C=C(Cc2ccn(C3CCCC3)n2)CCC1. The van der Waals surface area contributed by atoms with Gasteiger partial charge >= 0.3 is 0 Å². The summed E-state index contributed by atoms with van der Waals surface area (Å²) in [5, 5.41) is 4.99. The molecule has 1 fully saturated rings. The van der Waals surface area contributed by atoms with Crippen LogP contribution in [0.3, 0.4) is 0 Å². The fourth-order valence-electron chi connectivity index (χ4n) is 3.17. The minimum Gasteiger partial charge on any atom is -0.269 e. The van der Waals surface area contributed by atoms with Gasteiger partial charge < -0.3 is 0 Å². The molecule has 0 saturated heterocycles. The lowest BCUT2D eigenvalue weighted by Crippen LogP contribution is -2.07. The number of allylic oxidation sites excluding steroid dienone is 2. The summed E-state index contributed by atoms with van der Waals surface area (Å²) in [6.07, 6.45) is 14.2. The van der Waals surface area contributed by atoms with E-state index in [1.807, 2.05) is 0 Å². The number of halogens is 1. The highest BCUT2D eigenvalue weighted by Gasteiger charge is 2.18. The predicted octanol–water partition coefficient (Wildman–Crippen LogP) is 4.26. The van der Waals surface area contributed by atoms with Gasteiger partial charge in [-0.05, 0) is 38.2 Å². The zero-order valence-electron chi connectivity index (χ0n) is 10.8. The van der Waals surface area contributed by atoms with Crippen LogP contribution in [0, 0.1) is 0 Å². The number of rotatable bonds is 3. The van der Waals surface area contributed by atoms with E-state index in [1.165, 1.54) is 49.8 Å². The largest absolute Gasteiger partial charge is 0.269 e. The fraction of sp³-hybridized carbons (Fsp3) is 0.667. The maximum Gasteiger partial charge on any atom is 0.0665 e. The lowest BCUT2D eigenvalue weighted by Gasteiger charge is -2.15. The van der Waals surface area contributed by atoms with Crippen LogP contribution in [0.1, 0.15) is 56.7 Å². The molecule has 0 aliphatic heterocycles. The van der Waals surface area contributed by atoms with Gasteiger partial charge in [-0.3, -0.25) is 4.68 Å². The minimum atomic E-state index is 0.241. The molecule has 0 N–H and O–H groups in total. The molecular formula is C15H21ClN2. The summed E-state index contributed by atoms with van der Waals surface area (Å²) < 4.78 is 2.18. The van der Waals surface area contributed by atoms with E-state index >= 15 is 0 Å². The van der Waals surface area contributed by atoms with E-state index in [1.54, 1.807) is 0 Å². The molecule has 3 heteroatoms. The van der Waals surface area contributed by atoms with Crippen molar-refractivity contribution in [3.63, 3.8) is 0 Å². The summed E-state index contributed by atoms with van der Waals surface area (Å²) >= 11 is 6.18. The summed E-state index contributed by atoms with van der Waals surface area (Å²) in [4.78, 5) is 0. The predicted molar refractivity (Wildman–Crippen MR) is 75.0 cm³/mol.